The molecule has 0 aromatic heterocycles. The lowest BCUT2D eigenvalue weighted by Gasteiger charge is -2.32. The van der Waals surface area contributed by atoms with E-state index in [1.807, 2.05) is 0 Å². The molecule has 1 rings (SSSR count). The van der Waals surface area contributed by atoms with E-state index < -0.39 is 0 Å². The van der Waals surface area contributed by atoms with Crippen LogP contribution in [-0.2, 0) is 0 Å². The third kappa shape index (κ3) is 3.36. The molecule has 66 valence electrons. The van der Waals surface area contributed by atoms with Gasteiger partial charge in [0, 0.05) is 0 Å². The molecule has 0 N–H and O–H groups in total. The van der Waals surface area contributed by atoms with Gasteiger partial charge in [-0.25, -0.2) is 0 Å². The molecule has 0 atom stereocenters. The first-order valence-electron chi connectivity index (χ1n) is 4.74. The van der Waals surface area contributed by atoms with Gasteiger partial charge >= 0.3 is 0 Å². The molecule has 1 aliphatic heterocycles. The molecule has 0 unspecified atom stereocenters. The number of rotatable bonds is 3. The van der Waals surface area contributed by atoms with Crippen molar-refractivity contribution in [2.75, 3.05) is 26.7 Å². The molecule has 1 aliphatic rings. The smallest absolute Gasteiger partial charge is 0.172 e. The molecule has 3 heteroatoms. The van der Waals surface area contributed by atoms with Crippen LogP contribution >= 0.6 is 0 Å². The third-order valence-electron chi connectivity index (χ3n) is 2.28. The highest BCUT2D eigenvalue weighted by Gasteiger charge is 2.13. The Morgan fingerprint density at radius 2 is 2.18 bits per heavy atom. The van der Waals surface area contributed by atoms with Crippen molar-refractivity contribution in [2.24, 2.45) is 0 Å². The van der Waals surface area contributed by atoms with Gasteiger partial charge < -0.3 is 9.13 Å². The van der Waals surface area contributed by atoms with Crippen molar-refractivity contribution >= 4 is 9.84 Å². The molecule has 0 aliphatic carbocycles. The van der Waals surface area contributed by atoms with Gasteiger partial charge in [-0.1, -0.05) is 13.3 Å². The zero-order valence-corrected chi connectivity index (χ0v) is 9.26. The molecule has 0 spiro atoms. The Balaban J connectivity index is 2.12. The summed E-state index contributed by atoms with van der Waals surface area (Å²) in [5.41, 5.74) is 0. The molecule has 0 radical (unpaired) electrons. The first kappa shape index (κ1) is 9.23. The van der Waals surface area contributed by atoms with Crippen LogP contribution in [-0.4, -0.2) is 45.7 Å². The lowest BCUT2D eigenvalue weighted by molar-refractivity contribution is 0.322. The Morgan fingerprint density at radius 1 is 1.36 bits per heavy atom. The second-order valence-corrected chi connectivity index (χ2v) is 5.80. The third-order valence-corrected chi connectivity index (χ3v) is 4.12. The van der Waals surface area contributed by atoms with Crippen molar-refractivity contribution in [3.63, 3.8) is 0 Å². The minimum Gasteiger partial charge on any atom is -0.319 e. The van der Waals surface area contributed by atoms with Crippen LogP contribution in [0, 0.1) is 0 Å². The normalized spacial score (nSPS) is 24.5. The molecule has 11 heavy (non-hydrogen) atoms. The molecule has 1 saturated heterocycles. The molecular formula is C8H20N2Si. The van der Waals surface area contributed by atoms with E-state index in [0.717, 1.165) is 0 Å². The minimum absolute atomic E-state index is 0.00679. The van der Waals surface area contributed by atoms with Crippen molar-refractivity contribution < 1.29 is 0 Å². The maximum Gasteiger partial charge on any atom is 0.172 e. The summed E-state index contributed by atoms with van der Waals surface area (Å²) >= 11 is 0. The number of hydrogen-bond acceptors (Lipinski definition) is 2. The van der Waals surface area contributed by atoms with Crippen molar-refractivity contribution in [2.45, 2.75) is 26.2 Å². The van der Waals surface area contributed by atoms with E-state index in [4.69, 9.17) is 0 Å². The van der Waals surface area contributed by atoms with Crippen molar-refractivity contribution in [1.82, 2.24) is 9.13 Å². The number of hydrogen-bond donors (Lipinski definition) is 0. The summed E-state index contributed by atoms with van der Waals surface area (Å²) in [6, 6.07) is 0. The van der Waals surface area contributed by atoms with Crippen molar-refractivity contribution in [3.05, 3.63) is 0 Å². The Kier molecular flexibility index (Phi) is 4.11. The van der Waals surface area contributed by atoms with Gasteiger partial charge in [-0.05, 0) is 39.5 Å². The lowest BCUT2D eigenvalue weighted by atomic mass is 10.3. The van der Waals surface area contributed by atoms with Gasteiger partial charge in [0.25, 0.3) is 0 Å². The average Bonchev–Trinajstić information content (AvgIpc) is 2.01. The highest BCUT2D eigenvalue weighted by molar-refractivity contribution is 6.28. The van der Waals surface area contributed by atoms with Crippen LogP contribution in [0.3, 0.4) is 0 Å². The maximum absolute atomic E-state index is 2.69. The van der Waals surface area contributed by atoms with Gasteiger partial charge in [0.05, 0.1) is 0 Å². The zero-order chi connectivity index (χ0) is 8.10. The van der Waals surface area contributed by atoms with E-state index in [-0.39, 0.29) is 9.84 Å². The predicted octanol–water partition coefficient (Wildman–Crippen LogP) is 0.423. The average molecular weight is 172 g/mol. The number of unbranched alkanes of at least 4 members (excludes halogenated alkanes) is 1. The standard InChI is InChI=1S/C8H20N2Si/c1-3-4-7-10-8-5-6-9(2)11-10/h3-8,11H2,1-2H3. The quantitative estimate of drug-likeness (QED) is 0.569. The molecule has 0 amide bonds. The highest BCUT2D eigenvalue weighted by Crippen LogP contribution is 2.02. The fourth-order valence-corrected chi connectivity index (χ4v) is 3.39. The van der Waals surface area contributed by atoms with E-state index in [9.17, 15) is 0 Å². The van der Waals surface area contributed by atoms with Crippen LogP contribution in [0.15, 0.2) is 0 Å². The summed E-state index contributed by atoms with van der Waals surface area (Å²) < 4.78 is 5.23. The molecular weight excluding hydrogens is 152 g/mol. The molecule has 0 saturated carbocycles. The summed E-state index contributed by atoms with van der Waals surface area (Å²) in [6.07, 6.45) is 4.11. The summed E-state index contributed by atoms with van der Waals surface area (Å²) in [5, 5.41) is 0. The first-order chi connectivity index (χ1) is 5.33. The molecule has 1 heterocycles. The van der Waals surface area contributed by atoms with Gasteiger partial charge in [-0.2, -0.15) is 0 Å². The van der Waals surface area contributed by atoms with Gasteiger partial charge in [0.15, 0.2) is 9.84 Å². The summed E-state index contributed by atoms with van der Waals surface area (Å²) in [5.74, 6) is 0. The molecule has 1 fully saturated rings. The first-order valence-corrected chi connectivity index (χ1v) is 6.00. The predicted molar refractivity (Wildman–Crippen MR) is 52.3 cm³/mol. The summed E-state index contributed by atoms with van der Waals surface area (Å²) in [7, 11) is 2.26. The van der Waals surface area contributed by atoms with Gasteiger partial charge in [-0.3, -0.25) is 0 Å². The van der Waals surface area contributed by atoms with Crippen LogP contribution in [0.5, 0.6) is 0 Å². The fraction of sp³-hybridized carbons (Fsp3) is 1.00. The van der Waals surface area contributed by atoms with Crippen LogP contribution in [0.2, 0.25) is 0 Å². The van der Waals surface area contributed by atoms with Crippen LogP contribution in [0.25, 0.3) is 0 Å². The minimum atomic E-state index is -0.00679. The molecule has 0 bridgehead atoms. The Morgan fingerprint density at radius 3 is 2.82 bits per heavy atom. The maximum atomic E-state index is 2.69. The zero-order valence-electron chi connectivity index (χ0n) is 7.84. The van der Waals surface area contributed by atoms with E-state index in [2.05, 4.69) is 23.1 Å². The Bertz CT molecular complexity index is 108. The Hall–Kier alpha value is 0.137. The van der Waals surface area contributed by atoms with Crippen molar-refractivity contribution in [1.29, 1.82) is 0 Å². The molecule has 0 aromatic rings. The SMILES string of the molecule is CCCCN1CCCN(C)[SiH2]1. The van der Waals surface area contributed by atoms with Crippen LogP contribution < -0.4 is 0 Å². The lowest BCUT2D eigenvalue weighted by Crippen LogP contribution is -2.46. The number of nitrogens with zero attached hydrogens (tertiary/aromatic N) is 2. The van der Waals surface area contributed by atoms with Gasteiger partial charge in [0.2, 0.25) is 0 Å². The largest absolute Gasteiger partial charge is 0.319 e. The van der Waals surface area contributed by atoms with E-state index in [1.165, 1.54) is 38.9 Å². The Labute approximate surface area is 72.5 Å². The van der Waals surface area contributed by atoms with E-state index in [0.29, 0.717) is 0 Å². The topological polar surface area (TPSA) is 6.48 Å². The van der Waals surface area contributed by atoms with E-state index >= 15 is 0 Å². The fourth-order valence-electron chi connectivity index (χ4n) is 1.61. The van der Waals surface area contributed by atoms with Crippen molar-refractivity contribution in [3.8, 4) is 0 Å². The second kappa shape index (κ2) is 4.90. The van der Waals surface area contributed by atoms with Crippen LogP contribution in [0.1, 0.15) is 26.2 Å². The van der Waals surface area contributed by atoms with Crippen LogP contribution in [0.4, 0.5) is 0 Å². The monoisotopic (exact) mass is 172 g/mol. The highest BCUT2D eigenvalue weighted by atomic mass is 28.2. The van der Waals surface area contributed by atoms with E-state index in [1.54, 1.807) is 0 Å². The second-order valence-electron chi connectivity index (χ2n) is 3.55. The summed E-state index contributed by atoms with van der Waals surface area (Å²) in [4.78, 5) is 0. The van der Waals surface area contributed by atoms with Gasteiger partial charge in [-0.15, -0.1) is 0 Å². The summed E-state index contributed by atoms with van der Waals surface area (Å²) in [6.45, 7) is 6.34. The molecule has 2 nitrogen and oxygen atoms in total. The molecule has 0 aromatic carbocycles. The van der Waals surface area contributed by atoms with Gasteiger partial charge in [0.1, 0.15) is 0 Å².